The summed E-state index contributed by atoms with van der Waals surface area (Å²) in [5, 5.41) is 2.41. The molecule has 3 heterocycles. The molecule has 1 fully saturated rings. The van der Waals surface area contributed by atoms with Crippen molar-refractivity contribution < 1.29 is 0 Å². The Hall–Kier alpha value is -1.14. The predicted octanol–water partition coefficient (Wildman–Crippen LogP) is 6.12. The summed E-state index contributed by atoms with van der Waals surface area (Å²) < 4.78 is 0. The van der Waals surface area contributed by atoms with Crippen LogP contribution in [-0.2, 0) is 0 Å². The van der Waals surface area contributed by atoms with Gasteiger partial charge in [-0.2, -0.15) is 0 Å². The fraction of sp³-hybridized carbons (Fsp3) is 0.714. The molecule has 0 saturated carbocycles. The van der Waals surface area contributed by atoms with E-state index in [-0.39, 0.29) is 0 Å². The number of hydrogen-bond acceptors (Lipinski definition) is 6. The topological polar surface area (TPSA) is 32.3 Å². The largest absolute Gasteiger partial charge is 0.348 e. The Morgan fingerprint density at radius 1 is 1.04 bits per heavy atom. The van der Waals surface area contributed by atoms with E-state index in [4.69, 9.17) is 4.98 Å². The fourth-order valence-corrected chi connectivity index (χ4v) is 5.61. The minimum absolute atomic E-state index is 0.565. The van der Waals surface area contributed by atoms with E-state index in [9.17, 15) is 0 Å². The molecule has 0 N–H and O–H groups in total. The Labute approximate surface area is 172 Å². The van der Waals surface area contributed by atoms with Gasteiger partial charge in [0.2, 0.25) is 0 Å². The van der Waals surface area contributed by atoms with E-state index in [0.29, 0.717) is 11.8 Å². The number of rotatable bonds is 9. The molecular formula is C21H34N4S2. The lowest BCUT2D eigenvalue weighted by Crippen LogP contribution is -2.29. The van der Waals surface area contributed by atoms with Gasteiger partial charge < -0.3 is 9.80 Å². The number of piperidine rings is 1. The van der Waals surface area contributed by atoms with Crippen LogP contribution >= 0.6 is 22.7 Å². The van der Waals surface area contributed by atoms with Crippen molar-refractivity contribution in [2.24, 2.45) is 0 Å². The van der Waals surface area contributed by atoms with E-state index in [1.807, 2.05) is 22.7 Å². The highest BCUT2D eigenvalue weighted by molar-refractivity contribution is 7.16. The first kappa shape index (κ1) is 20.6. The van der Waals surface area contributed by atoms with Crippen LogP contribution in [0.4, 0.5) is 10.3 Å². The van der Waals surface area contributed by atoms with Crippen molar-refractivity contribution in [3.63, 3.8) is 0 Å². The molecular weight excluding hydrogens is 372 g/mol. The summed E-state index contributed by atoms with van der Waals surface area (Å²) in [5.74, 6) is 1.15. The van der Waals surface area contributed by atoms with Crippen LogP contribution in [0, 0.1) is 0 Å². The molecule has 1 aliphatic heterocycles. The predicted molar refractivity (Wildman–Crippen MR) is 120 cm³/mol. The molecule has 27 heavy (non-hydrogen) atoms. The Bertz CT molecular complexity index is 688. The van der Waals surface area contributed by atoms with E-state index in [0.717, 1.165) is 13.1 Å². The highest BCUT2D eigenvalue weighted by atomic mass is 32.1. The average molecular weight is 407 g/mol. The Balaban J connectivity index is 1.49. The monoisotopic (exact) mass is 406 g/mol. The molecule has 2 aromatic rings. The van der Waals surface area contributed by atoms with Gasteiger partial charge in [-0.25, -0.2) is 9.97 Å². The van der Waals surface area contributed by atoms with Crippen LogP contribution in [0.15, 0.2) is 12.4 Å². The van der Waals surface area contributed by atoms with Crippen molar-refractivity contribution in [2.45, 2.75) is 71.6 Å². The molecule has 6 heteroatoms. The Kier molecular flexibility index (Phi) is 7.53. The smallest absolute Gasteiger partial charge is 0.185 e. The van der Waals surface area contributed by atoms with Gasteiger partial charge in [-0.15, -0.1) is 22.7 Å². The molecule has 0 aromatic carbocycles. The third kappa shape index (κ3) is 5.44. The van der Waals surface area contributed by atoms with Gasteiger partial charge in [0.1, 0.15) is 0 Å². The van der Waals surface area contributed by atoms with Crippen LogP contribution < -0.4 is 9.80 Å². The quantitative estimate of drug-likeness (QED) is 0.502. The van der Waals surface area contributed by atoms with E-state index in [1.165, 1.54) is 65.2 Å². The Morgan fingerprint density at radius 3 is 2.44 bits per heavy atom. The van der Waals surface area contributed by atoms with Gasteiger partial charge in [0.05, 0.1) is 0 Å². The van der Waals surface area contributed by atoms with Crippen LogP contribution in [0.1, 0.15) is 81.4 Å². The van der Waals surface area contributed by atoms with Crippen molar-refractivity contribution in [2.75, 3.05) is 36.0 Å². The molecule has 0 bridgehead atoms. The molecule has 150 valence electrons. The summed E-state index contributed by atoms with van der Waals surface area (Å²) in [6.07, 6.45) is 10.6. The van der Waals surface area contributed by atoms with Crippen molar-refractivity contribution >= 4 is 32.9 Å². The molecule has 0 spiro atoms. The molecule has 1 unspecified atom stereocenters. The van der Waals surface area contributed by atoms with Gasteiger partial charge in [-0.3, -0.25) is 0 Å². The number of aromatic nitrogens is 2. The molecule has 2 aromatic heterocycles. The van der Waals surface area contributed by atoms with Crippen LogP contribution in [0.25, 0.3) is 0 Å². The fourth-order valence-electron chi connectivity index (χ4n) is 3.55. The third-order valence-electron chi connectivity index (χ3n) is 5.42. The highest BCUT2D eigenvalue weighted by Crippen LogP contribution is 2.33. The molecule has 4 nitrogen and oxygen atoms in total. The molecule has 0 aliphatic carbocycles. The van der Waals surface area contributed by atoms with Crippen molar-refractivity contribution in [1.29, 1.82) is 0 Å². The minimum Gasteiger partial charge on any atom is -0.348 e. The van der Waals surface area contributed by atoms with Gasteiger partial charge in [-0.05, 0) is 50.9 Å². The second kappa shape index (κ2) is 9.87. The summed E-state index contributed by atoms with van der Waals surface area (Å²) in [7, 11) is 0. The first-order valence-electron chi connectivity index (χ1n) is 10.5. The molecule has 1 atom stereocenters. The lowest BCUT2D eigenvalue weighted by molar-refractivity contribution is 0.577. The first-order chi connectivity index (χ1) is 13.1. The van der Waals surface area contributed by atoms with E-state index >= 15 is 0 Å². The average Bonchev–Trinajstić information content (AvgIpc) is 3.36. The van der Waals surface area contributed by atoms with Gasteiger partial charge in [0.25, 0.3) is 0 Å². The number of nitrogens with zero attached hydrogens (tertiary/aromatic N) is 4. The zero-order valence-electron chi connectivity index (χ0n) is 17.3. The number of thiazole rings is 2. The van der Waals surface area contributed by atoms with Gasteiger partial charge in [-0.1, -0.05) is 20.8 Å². The third-order valence-corrected chi connectivity index (χ3v) is 8.07. The maximum atomic E-state index is 4.71. The van der Waals surface area contributed by atoms with Crippen molar-refractivity contribution in [3.05, 3.63) is 22.1 Å². The highest BCUT2D eigenvalue weighted by Gasteiger charge is 2.17. The lowest BCUT2D eigenvalue weighted by atomic mass is 10.0. The van der Waals surface area contributed by atoms with E-state index in [2.05, 4.69) is 54.9 Å². The first-order valence-corrected chi connectivity index (χ1v) is 12.1. The number of anilines is 2. The molecule has 0 radical (unpaired) electrons. The minimum atomic E-state index is 0.565. The summed E-state index contributed by atoms with van der Waals surface area (Å²) in [5.41, 5.74) is 0. The van der Waals surface area contributed by atoms with Gasteiger partial charge in [0.15, 0.2) is 10.3 Å². The zero-order chi connectivity index (χ0) is 19.2. The van der Waals surface area contributed by atoms with E-state index < -0.39 is 0 Å². The Morgan fingerprint density at radius 2 is 1.78 bits per heavy atom. The van der Waals surface area contributed by atoms with Gasteiger partial charge >= 0.3 is 0 Å². The summed E-state index contributed by atoms with van der Waals surface area (Å²) in [6, 6.07) is 0. The standard InChI is InChI=1S/C21H34N4S2/c1-5-24(20-22-14-18(26-20)16(2)3)13-9-10-17(4)19-15-23-21(27-19)25-11-7-6-8-12-25/h14-17H,5-13H2,1-4H3. The van der Waals surface area contributed by atoms with Crippen molar-refractivity contribution in [3.8, 4) is 0 Å². The normalized spacial score (nSPS) is 16.1. The van der Waals surface area contributed by atoms with Gasteiger partial charge in [0, 0.05) is 48.3 Å². The van der Waals surface area contributed by atoms with Crippen LogP contribution in [-0.4, -0.2) is 36.1 Å². The van der Waals surface area contributed by atoms with Crippen LogP contribution in [0.3, 0.4) is 0 Å². The van der Waals surface area contributed by atoms with Crippen LogP contribution in [0.5, 0.6) is 0 Å². The maximum Gasteiger partial charge on any atom is 0.185 e. The zero-order valence-corrected chi connectivity index (χ0v) is 18.9. The lowest BCUT2D eigenvalue weighted by Gasteiger charge is -2.25. The second-order valence-corrected chi connectivity index (χ2v) is 10.00. The summed E-state index contributed by atoms with van der Waals surface area (Å²) in [6.45, 7) is 13.5. The van der Waals surface area contributed by atoms with E-state index in [1.54, 1.807) is 0 Å². The number of hydrogen-bond donors (Lipinski definition) is 0. The molecule has 1 saturated heterocycles. The SMILES string of the molecule is CCN(CCCC(C)c1cnc(N2CCCCC2)s1)c1ncc(C(C)C)s1. The molecule has 0 amide bonds. The summed E-state index contributed by atoms with van der Waals surface area (Å²) in [4.78, 5) is 17.1. The van der Waals surface area contributed by atoms with Crippen LogP contribution in [0.2, 0.25) is 0 Å². The molecule has 1 aliphatic rings. The van der Waals surface area contributed by atoms with Crippen molar-refractivity contribution in [1.82, 2.24) is 9.97 Å². The second-order valence-electron chi connectivity index (χ2n) is 7.92. The summed E-state index contributed by atoms with van der Waals surface area (Å²) >= 11 is 3.76. The molecule has 3 rings (SSSR count). The maximum absolute atomic E-state index is 4.71.